The number of unbranched alkanes of at least 4 members (excludes halogenated alkanes) is 27. The maximum absolute atomic E-state index is 12.8. The zero-order valence-electron chi connectivity index (χ0n) is 43.4. The SMILES string of the molecule is CC/C=C\C/C=C\C/C=C\C/C=C\CCCCCCCCCCC(=O)OCC(COC(=O)CCCCCCCC)OC(=O)CCCCCCCCCCC/C=C\C/C=C\CCCCCCC. The Bertz CT molecular complexity index is 1240. The standard InChI is InChI=1S/C60H104O6/c1-4-7-10-13-16-18-20-22-24-26-28-30-32-34-36-38-40-42-44-47-50-53-59(62)65-56-57(55-64-58(61)52-49-46-15-12-9-6-3)66-60(63)54-51-48-45-43-41-39-37-35-33-31-29-27-25-23-21-19-17-14-11-8-5-2/h7,10,16,18,21-24,27-30,57H,4-6,8-9,11-15,17,19-20,25-26,31-56H2,1-3H3/b10-7-,18-16-,23-21-,24-22-,29-27-,30-28-. The van der Waals surface area contributed by atoms with E-state index in [1.807, 2.05) is 0 Å². The van der Waals surface area contributed by atoms with Crippen molar-refractivity contribution in [3.63, 3.8) is 0 Å². The quantitative estimate of drug-likeness (QED) is 0.0262. The van der Waals surface area contributed by atoms with Gasteiger partial charge in [0, 0.05) is 19.3 Å². The van der Waals surface area contributed by atoms with Crippen LogP contribution in [-0.2, 0) is 28.6 Å². The highest BCUT2D eigenvalue weighted by atomic mass is 16.6. The molecule has 0 saturated carbocycles. The number of ether oxygens (including phenoxy) is 3. The molecule has 0 radical (unpaired) electrons. The number of rotatable bonds is 50. The molecule has 1 atom stereocenters. The lowest BCUT2D eigenvalue weighted by Gasteiger charge is -2.18. The highest BCUT2D eigenvalue weighted by Crippen LogP contribution is 2.15. The van der Waals surface area contributed by atoms with Crippen LogP contribution >= 0.6 is 0 Å². The summed E-state index contributed by atoms with van der Waals surface area (Å²) in [6.07, 6.45) is 69.2. The van der Waals surface area contributed by atoms with Gasteiger partial charge in [-0.25, -0.2) is 0 Å². The summed E-state index contributed by atoms with van der Waals surface area (Å²) in [5, 5.41) is 0. The van der Waals surface area contributed by atoms with Crippen molar-refractivity contribution in [3.05, 3.63) is 72.9 Å². The van der Waals surface area contributed by atoms with Crippen molar-refractivity contribution in [2.75, 3.05) is 13.2 Å². The van der Waals surface area contributed by atoms with Crippen molar-refractivity contribution in [3.8, 4) is 0 Å². The molecule has 380 valence electrons. The first-order valence-electron chi connectivity index (χ1n) is 27.9. The van der Waals surface area contributed by atoms with E-state index in [-0.39, 0.29) is 31.1 Å². The second kappa shape index (κ2) is 54.5. The first kappa shape index (κ1) is 62.8. The fourth-order valence-corrected chi connectivity index (χ4v) is 7.76. The molecule has 1 unspecified atom stereocenters. The van der Waals surface area contributed by atoms with Gasteiger partial charge in [0.05, 0.1) is 0 Å². The van der Waals surface area contributed by atoms with Crippen molar-refractivity contribution in [1.82, 2.24) is 0 Å². The predicted molar refractivity (Wildman–Crippen MR) is 284 cm³/mol. The fourth-order valence-electron chi connectivity index (χ4n) is 7.76. The summed E-state index contributed by atoms with van der Waals surface area (Å²) in [6, 6.07) is 0. The molecule has 66 heavy (non-hydrogen) atoms. The Morgan fingerprint density at radius 2 is 0.591 bits per heavy atom. The van der Waals surface area contributed by atoms with Gasteiger partial charge in [0.15, 0.2) is 6.10 Å². The van der Waals surface area contributed by atoms with E-state index in [2.05, 4.69) is 93.7 Å². The van der Waals surface area contributed by atoms with Crippen molar-refractivity contribution in [1.29, 1.82) is 0 Å². The molecule has 0 aromatic carbocycles. The molecule has 6 heteroatoms. The maximum Gasteiger partial charge on any atom is 0.306 e. The second-order valence-corrected chi connectivity index (χ2v) is 18.5. The van der Waals surface area contributed by atoms with Gasteiger partial charge in [-0.3, -0.25) is 14.4 Å². The molecular formula is C60H104O6. The number of carbonyl (C=O) groups is 3. The monoisotopic (exact) mass is 921 g/mol. The molecule has 0 aliphatic heterocycles. The summed E-state index contributed by atoms with van der Waals surface area (Å²) in [4.78, 5) is 37.9. The van der Waals surface area contributed by atoms with Crippen LogP contribution < -0.4 is 0 Å². The third-order valence-electron chi connectivity index (χ3n) is 11.9. The highest BCUT2D eigenvalue weighted by Gasteiger charge is 2.19. The molecule has 0 amide bonds. The average Bonchev–Trinajstić information content (AvgIpc) is 3.31. The molecule has 0 aliphatic carbocycles. The van der Waals surface area contributed by atoms with Crippen molar-refractivity contribution in [2.24, 2.45) is 0 Å². The van der Waals surface area contributed by atoms with Crippen molar-refractivity contribution in [2.45, 2.75) is 277 Å². The Morgan fingerprint density at radius 1 is 0.318 bits per heavy atom. The molecule has 0 aromatic heterocycles. The van der Waals surface area contributed by atoms with Crippen molar-refractivity contribution >= 4 is 17.9 Å². The van der Waals surface area contributed by atoms with Gasteiger partial charge < -0.3 is 14.2 Å². The Hall–Kier alpha value is -3.15. The minimum Gasteiger partial charge on any atom is -0.462 e. The van der Waals surface area contributed by atoms with E-state index in [0.717, 1.165) is 96.3 Å². The first-order valence-corrected chi connectivity index (χ1v) is 27.9. The van der Waals surface area contributed by atoms with Crippen molar-refractivity contribution < 1.29 is 28.6 Å². The third kappa shape index (κ3) is 51.8. The molecule has 6 nitrogen and oxygen atoms in total. The summed E-state index contributed by atoms with van der Waals surface area (Å²) in [6.45, 7) is 6.46. The summed E-state index contributed by atoms with van der Waals surface area (Å²) >= 11 is 0. The number of esters is 3. The van der Waals surface area contributed by atoms with Crippen LogP contribution in [0.3, 0.4) is 0 Å². The van der Waals surface area contributed by atoms with Crippen LogP contribution in [0.25, 0.3) is 0 Å². The molecule has 0 saturated heterocycles. The molecule has 0 N–H and O–H groups in total. The third-order valence-corrected chi connectivity index (χ3v) is 11.9. The zero-order chi connectivity index (χ0) is 47.9. The number of hydrogen-bond acceptors (Lipinski definition) is 6. The van der Waals surface area contributed by atoms with Gasteiger partial charge in [0.2, 0.25) is 0 Å². The predicted octanol–water partition coefficient (Wildman–Crippen LogP) is 18.6. The summed E-state index contributed by atoms with van der Waals surface area (Å²) in [5.41, 5.74) is 0. The van der Waals surface area contributed by atoms with Gasteiger partial charge in [-0.1, -0.05) is 235 Å². The zero-order valence-corrected chi connectivity index (χ0v) is 43.4. The Balaban J connectivity index is 4.19. The van der Waals surface area contributed by atoms with Gasteiger partial charge in [0.1, 0.15) is 13.2 Å². The van der Waals surface area contributed by atoms with Crippen LogP contribution in [0.1, 0.15) is 271 Å². The Kier molecular flexibility index (Phi) is 51.9. The number of hydrogen-bond donors (Lipinski definition) is 0. The molecule has 0 bridgehead atoms. The molecule has 0 fully saturated rings. The van der Waals surface area contributed by atoms with Crippen LogP contribution in [0.5, 0.6) is 0 Å². The lowest BCUT2D eigenvalue weighted by atomic mass is 10.1. The van der Waals surface area contributed by atoms with Crippen LogP contribution in [0.15, 0.2) is 72.9 Å². The maximum atomic E-state index is 12.8. The van der Waals surface area contributed by atoms with Gasteiger partial charge in [-0.15, -0.1) is 0 Å². The van der Waals surface area contributed by atoms with E-state index in [4.69, 9.17) is 14.2 Å². The van der Waals surface area contributed by atoms with E-state index < -0.39 is 6.10 Å². The average molecular weight is 921 g/mol. The smallest absolute Gasteiger partial charge is 0.306 e. The van der Waals surface area contributed by atoms with E-state index >= 15 is 0 Å². The van der Waals surface area contributed by atoms with E-state index in [0.29, 0.717) is 19.3 Å². The highest BCUT2D eigenvalue weighted by molar-refractivity contribution is 5.71. The molecule has 0 spiro atoms. The number of carbonyl (C=O) groups excluding carboxylic acids is 3. The van der Waals surface area contributed by atoms with Gasteiger partial charge in [0.25, 0.3) is 0 Å². The van der Waals surface area contributed by atoms with E-state index in [9.17, 15) is 14.4 Å². The Labute approximate surface area is 408 Å². The van der Waals surface area contributed by atoms with Crippen LogP contribution in [0, 0.1) is 0 Å². The van der Waals surface area contributed by atoms with E-state index in [1.165, 1.54) is 135 Å². The molecular weight excluding hydrogens is 817 g/mol. The molecule has 0 aromatic rings. The summed E-state index contributed by atoms with van der Waals surface area (Å²) in [5.74, 6) is -0.896. The lowest BCUT2D eigenvalue weighted by molar-refractivity contribution is -0.167. The van der Waals surface area contributed by atoms with Crippen LogP contribution in [-0.4, -0.2) is 37.2 Å². The van der Waals surface area contributed by atoms with Gasteiger partial charge in [-0.2, -0.15) is 0 Å². The first-order chi connectivity index (χ1) is 32.5. The van der Waals surface area contributed by atoms with Gasteiger partial charge in [-0.05, 0) is 89.9 Å². The minimum absolute atomic E-state index is 0.0793. The van der Waals surface area contributed by atoms with E-state index in [1.54, 1.807) is 0 Å². The van der Waals surface area contributed by atoms with Crippen LogP contribution in [0.2, 0.25) is 0 Å². The fraction of sp³-hybridized carbons (Fsp3) is 0.750. The minimum atomic E-state index is -0.778. The normalized spacial score (nSPS) is 12.6. The lowest BCUT2D eigenvalue weighted by Crippen LogP contribution is -2.30. The summed E-state index contributed by atoms with van der Waals surface area (Å²) < 4.78 is 16.7. The molecule has 0 rings (SSSR count). The Morgan fingerprint density at radius 3 is 0.924 bits per heavy atom. The largest absolute Gasteiger partial charge is 0.462 e. The second-order valence-electron chi connectivity index (χ2n) is 18.5. The topological polar surface area (TPSA) is 78.9 Å². The van der Waals surface area contributed by atoms with Gasteiger partial charge >= 0.3 is 17.9 Å². The molecule has 0 heterocycles. The molecule has 0 aliphatic rings. The van der Waals surface area contributed by atoms with Crippen LogP contribution in [0.4, 0.5) is 0 Å². The summed E-state index contributed by atoms with van der Waals surface area (Å²) in [7, 11) is 0. The number of allylic oxidation sites excluding steroid dienone is 12.